The molecule has 1 rings (SSSR count). The molecule has 14 heavy (non-hydrogen) atoms. The van der Waals surface area contributed by atoms with Gasteiger partial charge in [-0.25, -0.2) is 8.78 Å². The van der Waals surface area contributed by atoms with Gasteiger partial charge in [-0.3, -0.25) is 0 Å². The number of rotatable bonds is 4. The van der Waals surface area contributed by atoms with Gasteiger partial charge in [0.1, 0.15) is 11.6 Å². The van der Waals surface area contributed by atoms with Crippen molar-refractivity contribution in [1.82, 2.24) is 0 Å². The monoisotopic (exact) mass is 262 g/mol. The van der Waals surface area contributed by atoms with Crippen LogP contribution in [0.1, 0.15) is 25.3 Å². The van der Waals surface area contributed by atoms with Crippen LogP contribution in [0.3, 0.4) is 0 Å². The maximum Gasteiger partial charge on any atom is 0.126 e. The highest BCUT2D eigenvalue weighted by Crippen LogP contribution is 2.16. The third kappa shape index (κ3) is 3.37. The topological polar surface area (TPSA) is 0 Å². The van der Waals surface area contributed by atoms with Gasteiger partial charge in [0, 0.05) is 4.83 Å². The van der Waals surface area contributed by atoms with Crippen LogP contribution >= 0.6 is 15.9 Å². The summed E-state index contributed by atoms with van der Waals surface area (Å²) in [4.78, 5) is 0.380. The van der Waals surface area contributed by atoms with E-state index in [1.54, 1.807) is 0 Å². The molecule has 1 atom stereocenters. The molecule has 0 aromatic heterocycles. The Morgan fingerprint density at radius 1 is 1.36 bits per heavy atom. The average Bonchev–Trinajstić information content (AvgIpc) is 2.19. The fourth-order valence-electron chi connectivity index (χ4n) is 1.25. The highest BCUT2D eigenvalue weighted by atomic mass is 79.9. The Balaban J connectivity index is 2.62. The first-order valence-corrected chi connectivity index (χ1v) is 5.63. The zero-order valence-corrected chi connectivity index (χ0v) is 9.65. The van der Waals surface area contributed by atoms with Crippen molar-refractivity contribution in [1.29, 1.82) is 0 Å². The SMILES string of the molecule is CCC(Br)CCc1cc(F)ccc1F. The molecule has 0 aliphatic rings. The Labute approximate surface area is 91.5 Å². The molecule has 0 nitrogen and oxygen atoms in total. The lowest BCUT2D eigenvalue weighted by molar-refractivity contribution is 0.579. The molecule has 0 aliphatic carbocycles. The Bertz CT molecular complexity index is 299. The number of hydrogen-bond acceptors (Lipinski definition) is 0. The summed E-state index contributed by atoms with van der Waals surface area (Å²) in [5.41, 5.74) is 0.461. The smallest absolute Gasteiger partial charge is 0.126 e. The molecule has 1 aromatic carbocycles. The van der Waals surface area contributed by atoms with E-state index < -0.39 is 0 Å². The predicted octanol–water partition coefficient (Wildman–Crippen LogP) is 4.07. The third-order valence-corrected chi connectivity index (χ3v) is 3.28. The molecule has 0 heterocycles. The molecule has 0 fully saturated rings. The molecular weight excluding hydrogens is 250 g/mol. The zero-order valence-electron chi connectivity index (χ0n) is 8.06. The van der Waals surface area contributed by atoms with Gasteiger partial charge in [-0.15, -0.1) is 0 Å². The summed E-state index contributed by atoms with van der Waals surface area (Å²) < 4.78 is 25.9. The second-order valence-electron chi connectivity index (χ2n) is 3.28. The van der Waals surface area contributed by atoms with E-state index in [0.29, 0.717) is 16.8 Å². The van der Waals surface area contributed by atoms with Crippen molar-refractivity contribution in [3.8, 4) is 0 Å². The minimum absolute atomic E-state index is 0.317. The van der Waals surface area contributed by atoms with E-state index in [1.165, 1.54) is 12.1 Å². The molecule has 3 heteroatoms. The lowest BCUT2D eigenvalue weighted by Crippen LogP contribution is -2.00. The number of aryl methyl sites for hydroxylation is 1. The molecule has 0 amide bonds. The molecule has 0 bridgehead atoms. The van der Waals surface area contributed by atoms with Crippen LogP contribution in [-0.4, -0.2) is 4.83 Å². The van der Waals surface area contributed by atoms with Gasteiger partial charge in [0.15, 0.2) is 0 Å². The van der Waals surface area contributed by atoms with Crippen LogP contribution in [0.2, 0.25) is 0 Å². The number of hydrogen-bond donors (Lipinski definition) is 0. The largest absolute Gasteiger partial charge is 0.207 e. The molecule has 1 unspecified atom stereocenters. The Morgan fingerprint density at radius 3 is 2.71 bits per heavy atom. The quantitative estimate of drug-likeness (QED) is 0.718. The van der Waals surface area contributed by atoms with E-state index in [0.717, 1.165) is 18.9 Å². The average molecular weight is 263 g/mol. The lowest BCUT2D eigenvalue weighted by atomic mass is 10.1. The molecule has 78 valence electrons. The van der Waals surface area contributed by atoms with Crippen LogP contribution in [0.15, 0.2) is 18.2 Å². The van der Waals surface area contributed by atoms with Crippen molar-refractivity contribution in [2.75, 3.05) is 0 Å². The molecule has 0 radical (unpaired) electrons. The van der Waals surface area contributed by atoms with Gasteiger partial charge in [0.2, 0.25) is 0 Å². The van der Waals surface area contributed by atoms with Gasteiger partial charge < -0.3 is 0 Å². The summed E-state index contributed by atoms with van der Waals surface area (Å²) >= 11 is 3.46. The van der Waals surface area contributed by atoms with E-state index >= 15 is 0 Å². The van der Waals surface area contributed by atoms with Gasteiger partial charge in [-0.05, 0) is 43.0 Å². The van der Waals surface area contributed by atoms with Crippen molar-refractivity contribution < 1.29 is 8.78 Å². The minimum Gasteiger partial charge on any atom is -0.207 e. The fourth-order valence-corrected chi connectivity index (χ4v) is 1.48. The summed E-state index contributed by atoms with van der Waals surface area (Å²) in [5, 5.41) is 0. The Morgan fingerprint density at radius 2 is 2.07 bits per heavy atom. The van der Waals surface area contributed by atoms with Gasteiger partial charge in [-0.2, -0.15) is 0 Å². The van der Waals surface area contributed by atoms with Gasteiger partial charge in [0.25, 0.3) is 0 Å². The highest BCUT2D eigenvalue weighted by molar-refractivity contribution is 9.09. The predicted molar refractivity (Wildman–Crippen MR) is 57.7 cm³/mol. The molecule has 0 saturated carbocycles. The highest BCUT2D eigenvalue weighted by Gasteiger charge is 2.06. The van der Waals surface area contributed by atoms with Crippen molar-refractivity contribution in [3.63, 3.8) is 0 Å². The summed E-state index contributed by atoms with van der Waals surface area (Å²) in [6, 6.07) is 3.59. The van der Waals surface area contributed by atoms with E-state index in [4.69, 9.17) is 0 Å². The number of benzene rings is 1. The fraction of sp³-hybridized carbons (Fsp3) is 0.455. The molecule has 0 saturated heterocycles. The zero-order chi connectivity index (χ0) is 10.6. The van der Waals surface area contributed by atoms with Crippen LogP contribution < -0.4 is 0 Å². The first-order chi connectivity index (χ1) is 6.63. The molecule has 0 aliphatic heterocycles. The summed E-state index contributed by atoms with van der Waals surface area (Å²) in [6.07, 6.45) is 2.40. The first-order valence-electron chi connectivity index (χ1n) is 4.71. The minimum atomic E-state index is -0.371. The maximum absolute atomic E-state index is 13.1. The Hall–Kier alpha value is -0.440. The summed E-state index contributed by atoms with van der Waals surface area (Å²) in [7, 11) is 0. The molecule has 1 aromatic rings. The van der Waals surface area contributed by atoms with Gasteiger partial charge in [0.05, 0.1) is 0 Å². The van der Waals surface area contributed by atoms with E-state index in [9.17, 15) is 8.78 Å². The Kier molecular flexibility index (Phi) is 4.52. The van der Waals surface area contributed by atoms with Crippen molar-refractivity contribution in [2.45, 2.75) is 31.0 Å². The van der Waals surface area contributed by atoms with Gasteiger partial charge >= 0.3 is 0 Å². The van der Waals surface area contributed by atoms with E-state index in [2.05, 4.69) is 22.9 Å². The second kappa shape index (κ2) is 5.44. The second-order valence-corrected chi connectivity index (χ2v) is 4.57. The van der Waals surface area contributed by atoms with Crippen LogP contribution in [-0.2, 0) is 6.42 Å². The van der Waals surface area contributed by atoms with Crippen LogP contribution in [0, 0.1) is 11.6 Å². The van der Waals surface area contributed by atoms with Crippen LogP contribution in [0.25, 0.3) is 0 Å². The van der Waals surface area contributed by atoms with Crippen LogP contribution in [0.5, 0.6) is 0 Å². The molecule has 0 spiro atoms. The molecular formula is C11H13BrF2. The van der Waals surface area contributed by atoms with E-state index in [1.807, 2.05) is 0 Å². The molecule has 0 N–H and O–H groups in total. The number of alkyl halides is 1. The normalized spacial score (nSPS) is 12.9. The van der Waals surface area contributed by atoms with Crippen LogP contribution in [0.4, 0.5) is 8.78 Å². The van der Waals surface area contributed by atoms with Crippen molar-refractivity contribution in [3.05, 3.63) is 35.4 Å². The number of halogens is 3. The summed E-state index contributed by atoms with van der Waals surface area (Å²) in [5.74, 6) is -0.689. The maximum atomic E-state index is 13.1. The van der Waals surface area contributed by atoms with Gasteiger partial charge in [-0.1, -0.05) is 22.9 Å². The van der Waals surface area contributed by atoms with E-state index in [-0.39, 0.29) is 11.6 Å². The van der Waals surface area contributed by atoms with Crippen molar-refractivity contribution in [2.24, 2.45) is 0 Å². The lowest BCUT2D eigenvalue weighted by Gasteiger charge is -2.07. The van der Waals surface area contributed by atoms with Crippen molar-refractivity contribution >= 4 is 15.9 Å². The first kappa shape index (κ1) is 11.6. The standard InChI is InChI=1S/C11H13BrF2/c1-2-9(12)4-3-8-7-10(13)5-6-11(8)14/h5-7,9H,2-4H2,1H3. The summed E-state index contributed by atoms with van der Waals surface area (Å²) in [6.45, 7) is 2.06. The third-order valence-electron chi connectivity index (χ3n) is 2.18.